The fraction of sp³-hybridized carbons (Fsp3) is 0.286. The minimum Gasteiger partial charge on any atom is -0.299 e. The van der Waals surface area contributed by atoms with Gasteiger partial charge in [0.05, 0.1) is 11.3 Å². The summed E-state index contributed by atoms with van der Waals surface area (Å²) >= 11 is 1.37. The molecule has 0 unspecified atom stereocenters. The van der Waals surface area contributed by atoms with Crippen LogP contribution in [0.3, 0.4) is 0 Å². The standard InChI is InChI=1S/C21H20FN3OS/c1-13-7-8-15(11-14(13)2)19(26)12-27-21-24-23-20(25(21)16-9-10-16)17-5-3-4-6-18(17)22/h3-8,11,16H,9-10,12H2,1-2H3. The Morgan fingerprint density at radius 3 is 2.63 bits per heavy atom. The number of ketones is 1. The van der Waals surface area contributed by atoms with Gasteiger partial charge in [-0.1, -0.05) is 36.0 Å². The van der Waals surface area contributed by atoms with Gasteiger partial charge in [0, 0.05) is 11.6 Å². The Labute approximate surface area is 161 Å². The number of rotatable bonds is 6. The first-order valence-corrected chi connectivity index (χ1v) is 9.96. The molecule has 0 bridgehead atoms. The average Bonchev–Trinajstić information content (AvgIpc) is 3.42. The molecule has 0 aliphatic heterocycles. The Kier molecular flexibility index (Phi) is 4.83. The van der Waals surface area contributed by atoms with Gasteiger partial charge >= 0.3 is 0 Å². The number of hydrogen-bond acceptors (Lipinski definition) is 4. The predicted molar refractivity (Wildman–Crippen MR) is 105 cm³/mol. The number of aryl methyl sites for hydroxylation is 2. The second-order valence-corrected chi connectivity index (χ2v) is 7.84. The van der Waals surface area contributed by atoms with Gasteiger partial charge in [0.15, 0.2) is 16.8 Å². The molecular formula is C21H20FN3OS. The lowest BCUT2D eigenvalue weighted by molar-refractivity contribution is 0.102. The van der Waals surface area contributed by atoms with Gasteiger partial charge in [0.25, 0.3) is 0 Å². The molecule has 27 heavy (non-hydrogen) atoms. The van der Waals surface area contributed by atoms with E-state index < -0.39 is 0 Å². The van der Waals surface area contributed by atoms with Crippen molar-refractivity contribution in [2.75, 3.05) is 5.75 Å². The summed E-state index contributed by atoms with van der Waals surface area (Å²) in [6.07, 6.45) is 2.05. The number of halogens is 1. The molecule has 0 spiro atoms. The highest BCUT2D eigenvalue weighted by atomic mass is 32.2. The monoisotopic (exact) mass is 381 g/mol. The number of Topliss-reactive ketones (excluding diaryl/α,β-unsaturated/α-hetero) is 1. The van der Waals surface area contributed by atoms with E-state index in [0.717, 1.165) is 18.4 Å². The Morgan fingerprint density at radius 2 is 1.93 bits per heavy atom. The molecule has 6 heteroatoms. The Hall–Kier alpha value is -2.47. The molecule has 1 heterocycles. The van der Waals surface area contributed by atoms with E-state index in [4.69, 9.17) is 0 Å². The van der Waals surface area contributed by atoms with Crippen molar-refractivity contribution >= 4 is 17.5 Å². The zero-order valence-corrected chi connectivity index (χ0v) is 16.1. The van der Waals surface area contributed by atoms with Gasteiger partial charge in [-0.2, -0.15) is 0 Å². The maximum absolute atomic E-state index is 14.2. The van der Waals surface area contributed by atoms with Gasteiger partial charge in [0.2, 0.25) is 0 Å². The SMILES string of the molecule is Cc1ccc(C(=O)CSc2nnc(-c3ccccc3F)n2C2CC2)cc1C. The second-order valence-electron chi connectivity index (χ2n) is 6.90. The molecule has 1 fully saturated rings. The molecule has 4 nitrogen and oxygen atoms in total. The second kappa shape index (κ2) is 7.27. The first-order chi connectivity index (χ1) is 13.0. The van der Waals surface area contributed by atoms with Crippen LogP contribution >= 0.6 is 11.8 Å². The summed E-state index contributed by atoms with van der Waals surface area (Å²) < 4.78 is 16.2. The van der Waals surface area contributed by atoms with Crippen molar-refractivity contribution in [2.24, 2.45) is 0 Å². The summed E-state index contributed by atoms with van der Waals surface area (Å²) in [7, 11) is 0. The molecule has 0 amide bonds. The van der Waals surface area contributed by atoms with Crippen molar-refractivity contribution in [3.05, 3.63) is 65.0 Å². The normalized spacial score (nSPS) is 13.7. The van der Waals surface area contributed by atoms with E-state index in [0.29, 0.717) is 22.1 Å². The van der Waals surface area contributed by atoms with Gasteiger partial charge in [-0.05, 0) is 56.0 Å². The molecule has 1 aromatic heterocycles. The highest BCUT2D eigenvalue weighted by Gasteiger charge is 2.31. The lowest BCUT2D eigenvalue weighted by atomic mass is 10.0. The van der Waals surface area contributed by atoms with Crippen LogP contribution in [0.25, 0.3) is 11.4 Å². The van der Waals surface area contributed by atoms with E-state index in [9.17, 15) is 9.18 Å². The minimum absolute atomic E-state index is 0.0564. The molecule has 0 saturated heterocycles. The summed E-state index contributed by atoms with van der Waals surface area (Å²) in [5.41, 5.74) is 3.43. The summed E-state index contributed by atoms with van der Waals surface area (Å²) in [5.74, 6) is 0.567. The van der Waals surface area contributed by atoms with Crippen molar-refractivity contribution in [1.82, 2.24) is 14.8 Å². The molecule has 138 valence electrons. The van der Waals surface area contributed by atoms with Crippen molar-refractivity contribution in [1.29, 1.82) is 0 Å². The number of thioether (sulfide) groups is 1. The molecule has 0 atom stereocenters. The molecule has 0 radical (unpaired) electrons. The summed E-state index contributed by atoms with van der Waals surface area (Å²) in [6.45, 7) is 4.03. The third kappa shape index (κ3) is 3.67. The summed E-state index contributed by atoms with van der Waals surface area (Å²) in [5, 5.41) is 9.15. The lowest BCUT2D eigenvalue weighted by Gasteiger charge is -2.09. The zero-order valence-electron chi connectivity index (χ0n) is 15.3. The summed E-state index contributed by atoms with van der Waals surface area (Å²) in [6, 6.07) is 12.6. The molecule has 2 aromatic carbocycles. The topological polar surface area (TPSA) is 47.8 Å². The Balaban J connectivity index is 1.57. The van der Waals surface area contributed by atoms with Crippen LogP contribution in [0, 0.1) is 19.7 Å². The van der Waals surface area contributed by atoms with E-state index in [2.05, 4.69) is 10.2 Å². The number of aromatic nitrogens is 3. The summed E-state index contributed by atoms with van der Waals surface area (Å²) in [4.78, 5) is 12.6. The number of carbonyl (C=O) groups excluding carboxylic acids is 1. The van der Waals surface area contributed by atoms with E-state index in [1.807, 2.05) is 36.6 Å². The average molecular weight is 381 g/mol. The zero-order chi connectivity index (χ0) is 19.0. The van der Waals surface area contributed by atoms with Crippen LogP contribution < -0.4 is 0 Å². The van der Waals surface area contributed by atoms with Gasteiger partial charge in [-0.3, -0.25) is 9.36 Å². The van der Waals surface area contributed by atoms with Crippen LogP contribution in [0.2, 0.25) is 0 Å². The predicted octanol–water partition coefficient (Wildman–Crippen LogP) is 5.01. The van der Waals surface area contributed by atoms with E-state index in [1.54, 1.807) is 18.2 Å². The first-order valence-electron chi connectivity index (χ1n) is 8.97. The quantitative estimate of drug-likeness (QED) is 0.445. The van der Waals surface area contributed by atoms with Crippen molar-refractivity contribution in [2.45, 2.75) is 37.9 Å². The van der Waals surface area contributed by atoms with Crippen LogP contribution in [0.4, 0.5) is 4.39 Å². The van der Waals surface area contributed by atoms with E-state index in [-0.39, 0.29) is 23.4 Å². The first kappa shape index (κ1) is 17.9. The van der Waals surface area contributed by atoms with Crippen LogP contribution in [0.15, 0.2) is 47.6 Å². The van der Waals surface area contributed by atoms with Gasteiger partial charge in [-0.25, -0.2) is 4.39 Å². The van der Waals surface area contributed by atoms with E-state index in [1.165, 1.54) is 23.4 Å². The number of carbonyl (C=O) groups is 1. The minimum atomic E-state index is -0.311. The van der Waals surface area contributed by atoms with Crippen LogP contribution in [-0.4, -0.2) is 26.3 Å². The number of hydrogen-bond donors (Lipinski definition) is 0. The fourth-order valence-electron chi connectivity index (χ4n) is 2.99. The maximum Gasteiger partial charge on any atom is 0.192 e. The third-order valence-electron chi connectivity index (χ3n) is 4.85. The van der Waals surface area contributed by atoms with Crippen molar-refractivity contribution in [3.63, 3.8) is 0 Å². The molecule has 1 aliphatic carbocycles. The highest BCUT2D eigenvalue weighted by Crippen LogP contribution is 2.41. The number of nitrogens with zero attached hydrogens (tertiary/aromatic N) is 3. The van der Waals surface area contributed by atoms with Gasteiger partial charge < -0.3 is 0 Å². The van der Waals surface area contributed by atoms with Gasteiger partial charge in [-0.15, -0.1) is 10.2 Å². The van der Waals surface area contributed by atoms with Crippen LogP contribution in [0.1, 0.15) is 40.4 Å². The van der Waals surface area contributed by atoms with Crippen molar-refractivity contribution in [3.8, 4) is 11.4 Å². The smallest absolute Gasteiger partial charge is 0.192 e. The Morgan fingerprint density at radius 1 is 1.15 bits per heavy atom. The van der Waals surface area contributed by atoms with Crippen molar-refractivity contribution < 1.29 is 9.18 Å². The maximum atomic E-state index is 14.2. The fourth-order valence-corrected chi connectivity index (χ4v) is 3.89. The third-order valence-corrected chi connectivity index (χ3v) is 5.80. The Bertz CT molecular complexity index is 1010. The van der Waals surface area contributed by atoms with E-state index >= 15 is 0 Å². The molecule has 1 saturated carbocycles. The molecular weight excluding hydrogens is 361 g/mol. The van der Waals surface area contributed by atoms with Crippen LogP contribution in [-0.2, 0) is 0 Å². The molecule has 3 aromatic rings. The molecule has 0 N–H and O–H groups in total. The lowest BCUT2D eigenvalue weighted by Crippen LogP contribution is -2.06. The van der Waals surface area contributed by atoms with Gasteiger partial charge in [0.1, 0.15) is 5.82 Å². The molecule has 1 aliphatic rings. The van der Waals surface area contributed by atoms with Crippen LogP contribution in [0.5, 0.6) is 0 Å². The molecule has 4 rings (SSSR count). The number of benzene rings is 2. The highest BCUT2D eigenvalue weighted by molar-refractivity contribution is 7.99. The largest absolute Gasteiger partial charge is 0.299 e.